The molecule has 0 spiro atoms. The van der Waals surface area contributed by atoms with Crippen LogP contribution in [0.25, 0.3) is 0 Å². The summed E-state index contributed by atoms with van der Waals surface area (Å²) in [5.41, 5.74) is 0.244. The van der Waals surface area contributed by atoms with Gasteiger partial charge in [-0.2, -0.15) is 52.7 Å². The fourth-order valence-electron chi connectivity index (χ4n) is 4.58. The molecular formula is C44H40EuF12O12+7. The van der Waals surface area contributed by atoms with E-state index in [1.807, 2.05) is 0 Å². The average Bonchev–Trinajstić information content (AvgIpc) is 3.28. The van der Waals surface area contributed by atoms with Gasteiger partial charge in [0.2, 0.25) is 23.1 Å². The zero-order valence-corrected chi connectivity index (χ0v) is 38.1. The summed E-state index contributed by atoms with van der Waals surface area (Å²) < 4.78 is 164. The van der Waals surface area contributed by atoms with Gasteiger partial charge in [-0.15, -0.1) is 24.3 Å². The zero-order valence-electron chi connectivity index (χ0n) is 35.7. The van der Waals surface area contributed by atoms with E-state index >= 15 is 0 Å². The number of hydrogen-bond donors (Lipinski definition) is 0. The molecule has 0 aliphatic heterocycles. The Kier molecular flexibility index (Phi) is 25.6. The number of carbonyl (C=O) groups excluding carboxylic acids is 8. The third-order valence-electron chi connectivity index (χ3n) is 7.79. The van der Waals surface area contributed by atoms with E-state index in [0.29, 0.717) is 0 Å². The topological polar surface area (TPSA) is 208 Å². The molecule has 0 atom stereocenters. The van der Waals surface area contributed by atoms with Gasteiger partial charge in [0, 0.05) is 25.7 Å². The summed E-state index contributed by atoms with van der Waals surface area (Å²) >= 11 is 0. The molecule has 0 aromatic heterocycles. The van der Waals surface area contributed by atoms with Crippen LogP contribution in [0, 0.1) is 75.1 Å². The molecule has 372 valence electrons. The van der Waals surface area contributed by atoms with Crippen LogP contribution in [0.1, 0.15) is 22.3 Å². The van der Waals surface area contributed by atoms with E-state index in [9.17, 15) is 71.9 Å². The monoisotopic (exact) mass is 1140 g/mol. The molecule has 12 nitrogen and oxygen atoms in total. The second kappa shape index (κ2) is 28.2. The van der Waals surface area contributed by atoms with Crippen LogP contribution in [-0.4, -0.2) is 138 Å². The van der Waals surface area contributed by atoms with Crippen molar-refractivity contribution < 1.29 is 159 Å². The zero-order chi connectivity index (χ0) is 52.2. The Balaban J connectivity index is 0.000000889. The van der Waals surface area contributed by atoms with Crippen LogP contribution in [-0.2, 0) is 0 Å². The molecular weight excluding hydrogens is 1100 g/mol. The summed E-state index contributed by atoms with van der Waals surface area (Å²) in [5, 5.41) is 0. The molecule has 4 aromatic rings. The van der Waals surface area contributed by atoms with Crippen molar-refractivity contribution in [2.75, 3.05) is 28.4 Å². The summed E-state index contributed by atoms with van der Waals surface area (Å²) in [7, 11) is 5.28. The van der Waals surface area contributed by atoms with Crippen molar-refractivity contribution in [2.45, 2.75) is 24.7 Å². The van der Waals surface area contributed by atoms with Gasteiger partial charge in [-0.1, -0.05) is 48.5 Å². The maximum atomic E-state index is 12.0. The number of benzene rings is 4. The first-order valence-electron chi connectivity index (χ1n) is 18.1. The van der Waals surface area contributed by atoms with Crippen LogP contribution in [0.5, 0.6) is 23.0 Å². The van der Waals surface area contributed by atoms with Crippen molar-refractivity contribution in [1.29, 1.82) is 0 Å². The molecule has 0 saturated carbocycles. The summed E-state index contributed by atoms with van der Waals surface area (Å²) in [5.74, 6) is -9.58. The van der Waals surface area contributed by atoms with E-state index in [0.717, 1.165) is 0 Å². The fourth-order valence-corrected chi connectivity index (χ4v) is 4.58. The predicted molar refractivity (Wildman–Crippen MR) is 225 cm³/mol. The molecule has 0 aliphatic carbocycles. The van der Waals surface area contributed by atoms with Crippen molar-refractivity contribution in [3.63, 3.8) is 0 Å². The molecule has 8 N–H and O–H groups in total. The molecule has 4 aromatic carbocycles. The van der Waals surface area contributed by atoms with E-state index in [1.54, 1.807) is 24.3 Å². The maximum Gasteiger partial charge on any atom is 3.00 e. The SMILES string of the molecule is COc1ccccc1C(=[OH+])[CH-]C(=[OH+])C(F)(F)F.COc1ccccc1C(=[OH+])[CH-]C(=[OH+])C(F)(F)F.COc1ccccc1C(=[OH+])[CH-]C(=[OH+])C(F)(F)F.COc1ccccc1C(=[OH+])[CH-]C(=[OH+])C(F)(F)F.[Eu+3]. The Morgan fingerprint density at radius 2 is 0.464 bits per heavy atom. The first kappa shape index (κ1) is 62.7. The number of ether oxygens (including phenoxy) is 4. The number of rotatable bonds is 16. The van der Waals surface area contributed by atoms with Gasteiger partial charge in [-0.05, 0) is 46.5 Å². The van der Waals surface area contributed by atoms with Gasteiger partial charge in [-0.25, -0.2) is 0 Å². The van der Waals surface area contributed by atoms with Crippen LogP contribution in [0.3, 0.4) is 0 Å². The van der Waals surface area contributed by atoms with Gasteiger partial charge >= 0.3 is 97.2 Å². The molecule has 0 amide bonds. The Hall–Kier alpha value is -6.34. The summed E-state index contributed by atoms with van der Waals surface area (Å²) in [6.07, 6.45) is -18.6. The number of ketones is 8. The molecule has 25 heteroatoms. The Morgan fingerprint density at radius 1 is 0.319 bits per heavy atom. The number of halogens is 12. The number of alkyl halides is 12. The standard InChI is InChI=1S/4C11H8F3O3.Eu/c4*1-17-9-5-3-2-4-7(9)8(15)6-10(16)11(12,13)14;/h4*2-6H,1H3;/q4*-1;+3/p+8. The molecule has 69 heavy (non-hydrogen) atoms. The van der Waals surface area contributed by atoms with Crippen molar-refractivity contribution >= 4 is 46.3 Å². The van der Waals surface area contributed by atoms with E-state index in [-0.39, 0.29) is 120 Å². The van der Waals surface area contributed by atoms with E-state index in [1.165, 1.54) is 101 Å². The largest absolute Gasteiger partial charge is 3.00 e. The molecule has 0 heterocycles. The normalized spacial score (nSPS) is 10.7. The summed E-state index contributed by atoms with van der Waals surface area (Å²) in [6, 6.07) is 23.9. The summed E-state index contributed by atoms with van der Waals surface area (Å²) in [6.45, 7) is 0. The third kappa shape index (κ3) is 21.2. The number of para-hydroxylation sites is 4. The van der Waals surface area contributed by atoms with Gasteiger partial charge < -0.3 is 38.1 Å². The fraction of sp³-hybridized carbons (Fsp3) is 0.182. The van der Waals surface area contributed by atoms with Crippen molar-refractivity contribution in [1.82, 2.24) is 0 Å². The quantitative estimate of drug-likeness (QED) is 0.0365. The van der Waals surface area contributed by atoms with Crippen LogP contribution in [0.15, 0.2) is 97.1 Å². The average molecular weight is 1140 g/mol. The van der Waals surface area contributed by atoms with Crippen LogP contribution < -0.4 is 18.9 Å². The van der Waals surface area contributed by atoms with Crippen molar-refractivity contribution in [2.24, 2.45) is 0 Å². The van der Waals surface area contributed by atoms with E-state index < -0.39 is 71.0 Å². The van der Waals surface area contributed by atoms with Crippen molar-refractivity contribution in [3.05, 3.63) is 145 Å². The van der Waals surface area contributed by atoms with Gasteiger partial charge in [0.05, 0.1) is 51.4 Å². The van der Waals surface area contributed by atoms with Gasteiger partial charge in [0.25, 0.3) is 0 Å². The maximum absolute atomic E-state index is 12.0. The first-order valence-corrected chi connectivity index (χ1v) is 18.1. The molecule has 0 bridgehead atoms. The smallest absolute Gasteiger partial charge is 0.515 e. The van der Waals surface area contributed by atoms with Gasteiger partial charge in [0.15, 0.2) is 0 Å². The minimum Gasteiger partial charge on any atom is -0.515 e. The van der Waals surface area contributed by atoms with Gasteiger partial charge in [-0.3, -0.25) is 19.2 Å². The molecule has 0 aliphatic rings. The Morgan fingerprint density at radius 3 is 0.594 bits per heavy atom. The molecule has 4 rings (SSSR count). The van der Waals surface area contributed by atoms with Crippen LogP contribution in [0.2, 0.25) is 0 Å². The van der Waals surface area contributed by atoms with Gasteiger partial charge in [0.1, 0.15) is 0 Å². The first-order chi connectivity index (χ1) is 31.4. The van der Waals surface area contributed by atoms with E-state index in [2.05, 4.69) is 0 Å². The predicted octanol–water partition coefficient (Wildman–Crippen LogP) is 7.60. The number of methoxy groups -OCH3 is 4. The number of hydrogen-bond acceptors (Lipinski definition) is 4. The Labute approximate surface area is 424 Å². The minimum absolute atomic E-state index is 0. The molecule has 0 unspecified atom stereocenters. The van der Waals surface area contributed by atoms with Crippen LogP contribution >= 0.6 is 0 Å². The molecule has 0 fully saturated rings. The second-order valence-corrected chi connectivity index (χ2v) is 12.5. The molecule has 0 radical (unpaired) electrons. The van der Waals surface area contributed by atoms with Crippen LogP contribution in [0.4, 0.5) is 52.7 Å². The molecule has 0 saturated heterocycles. The van der Waals surface area contributed by atoms with Crippen molar-refractivity contribution in [3.8, 4) is 23.0 Å². The van der Waals surface area contributed by atoms with E-state index in [4.69, 9.17) is 38.1 Å². The Bertz CT molecular complexity index is 2090. The second-order valence-electron chi connectivity index (χ2n) is 12.5. The minimum atomic E-state index is -4.89. The summed E-state index contributed by atoms with van der Waals surface area (Å²) in [4.78, 5) is 72.6. The third-order valence-corrected chi connectivity index (χ3v) is 7.79.